The van der Waals surface area contributed by atoms with Gasteiger partial charge in [-0.1, -0.05) is 6.07 Å². The molecule has 2 aliphatic heterocycles. The van der Waals surface area contributed by atoms with Crippen LogP contribution in [0.2, 0.25) is 0 Å². The molecule has 2 aliphatic rings. The second-order valence-electron chi connectivity index (χ2n) is 6.16. The van der Waals surface area contributed by atoms with Crippen molar-refractivity contribution < 1.29 is 18.0 Å². The second kappa shape index (κ2) is 5.14. The van der Waals surface area contributed by atoms with Crippen LogP contribution in [0.4, 0.5) is 19.0 Å². The fourth-order valence-corrected chi connectivity index (χ4v) is 3.47. The first-order valence-corrected chi connectivity index (χ1v) is 7.37. The van der Waals surface area contributed by atoms with Gasteiger partial charge in [0.05, 0.1) is 5.41 Å². The minimum atomic E-state index is -4.45. The summed E-state index contributed by atoms with van der Waals surface area (Å²) in [6.45, 7) is 1.76. The molecular formula is C15H18F3N3O. The molecule has 1 atom stereocenters. The number of carbonyl (C=O) groups excluding carboxylic acids is 1. The molecule has 0 radical (unpaired) electrons. The van der Waals surface area contributed by atoms with Crippen molar-refractivity contribution in [2.75, 3.05) is 31.6 Å². The van der Waals surface area contributed by atoms with Crippen molar-refractivity contribution in [2.24, 2.45) is 5.41 Å². The molecule has 0 saturated carbocycles. The quantitative estimate of drug-likeness (QED) is 0.799. The van der Waals surface area contributed by atoms with Crippen molar-refractivity contribution in [1.29, 1.82) is 0 Å². The monoisotopic (exact) mass is 313 g/mol. The summed E-state index contributed by atoms with van der Waals surface area (Å²) in [4.78, 5) is 19.7. The summed E-state index contributed by atoms with van der Waals surface area (Å²) in [6.07, 6.45) is -2.04. The van der Waals surface area contributed by atoms with Crippen LogP contribution in [0.25, 0.3) is 0 Å². The van der Waals surface area contributed by atoms with E-state index in [1.54, 1.807) is 22.9 Å². The maximum atomic E-state index is 12.8. The molecule has 3 heterocycles. The Kier molecular flexibility index (Phi) is 3.53. The third kappa shape index (κ3) is 2.53. The molecule has 1 spiro atoms. The SMILES string of the molecule is CN1CCC[C@]2(CCN(c3cccc(C(F)(F)F)n3)C2)C1=O. The van der Waals surface area contributed by atoms with Crippen molar-refractivity contribution in [1.82, 2.24) is 9.88 Å². The van der Waals surface area contributed by atoms with E-state index in [0.29, 0.717) is 25.3 Å². The van der Waals surface area contributed by atoms with Gasteiger partial charge in [-0.15, -0.1) is 0 Å². The van der Waals surface area contributed by atoms with E-state index in [1.165, 1.54) is 6.07 Å². The Labute approximate surface area is 126 Å². The zero-order valence-corrected chi connectivity index (χ0v) is 12.4. The Morgan fingerprint density at radius 1 is 1.23 bits per heavy atom. The lowest BCUT2D eigenvalue weighted by atomic mass is 9.78. The van der Waals surface area contributed by atoms with Crippen molar-refractivity contribution in [3.05, 3.63) is 23.9 Å². The van der Waals surface area contributed by atoms with E-state index >= 15 is 0 Å². The first-order valence-electron chi connectivity index (χ1n) is 7.37. The van der Waals surface area contributed by atoms with E-state index < -0.39 is 17.3 Å². The summed E-state index contributed by atoms with van der Waals surface area (Å²) in [7, 11) is 1.79. The smallest absolute Gasteiger partial charge is 0.355 e. The van der Waals surface area contributed by atoms with Crippen molar-refractivity contribution in [3.63, 3.8) is 0 Å². The molecule has 4 nitrogen and oxygen atoms in total. The van der Waals surface area contributed by atoms with Crippen LogP contribution < -0.4 is 4.90 Å². The second-order valence-corrected chi connectivity index (χ2v) is 6.16. The van der Waals surface area contributed by atoms with Gasteiger partial charge in [0, 0.05) is 26.7 Å². The third-order valence-electron chi connectivity index (χ3n) is 4.65. The number of nitrogens with zero attached hydrogens (tertiary/aromatic N) is 3. The molecule has 0 aliphatic carbocycles. The number of halogens is 3. The number of amides is 1. The van der Waals surface area contributed by atoms with Gasteiger partial charge in [-0.05, 0) is 31.4 Å². The maximum Gasteiger partial charge on any atom is 0.433 e. The summed E-state index contributed by atoms with van der Waals surface area (Å²) in [6, 6.07) is 3.91. The van der Waals surface area contributed by atoms with Gasteiger partial charge in [0.1, 0.15) is 11.5 Å². The molecule has 22 heavy (non-hydrogen) atoms. The van der Waals surface area contributed by atoms with E-state index in [9.17, 15) is 18.0 Å². The summed E-state index contributed by atoms with van der Waals surface area (Å²) in [5, 5.41) is 0. The van der Waals surface area contributed by atoms with Crippen LogP contribution in [0.3, 0.4) is 0 Å². The third-order valence-corrected chi connectivity index (χ3v) is 4.65. The van der Waals surface area contributed by atoms with E-state index in [1.807, 2.05) is 0 Å². The van der Waals surface area contributed by atoms with Gasteiger partial charge in [-0.2, -0.15) is 13.2 Å². The Hall–Kier alpha value is -1.79. The Morgan fingerprint density at radius 2 is 2.00 bits per heavy atom. The molecule has 2 fully saturated rings. The number of alkyl halides is 3. The molecular weight excluding hydrogens is 295 g/mol. The van der Waals surface area contributed by atoms with Crippen LogP contribution >= 0.6 is 0 Å². The van der Waals surface area contributed by atoms with Gasteiger partial charge in [-0.25, -0.2) is 4.98 Å². The Balaban J connectivity index is 1.82. The molecule has 0 aromatic carbocycles. The average molecular weight is 313 g/mol. The molecule has 120 valence electrons. The van der Waals surface area contributed by atoms with E-state index in [2.05, 4.69) is 4.98 Å². The van der Waals surface area contributed by atoms with E-state index in [-0.39, 0.29) is 5.91 Å². The number of carbonyl (C=O) groups is 1. The van der Waals surface area contributed by atoms with Gasteiger partial charge in [0.2, 0.25) is 5.91 Å². The standard InChI is InChI=1S/C15H18F3N3O/c1-20-8-3-6-14(13(20)22)7-9-21(10-14)12-5-2-4-11(19-12)15(16,17)18/h2,4-5H,3,6-10H2,1H3/t14-/m1/s1. The average Bonchev–Trinajstić information content (AvgIpc) is 2.89. The number of likely N-dealkylation sites (tertiary alicyclic amines) is 1. The zero-order chi connectivity index (χ0) is 16.0. The topological polar surface area (TPSA) is 36.4 Å². The van der Waals surface area contributed by atoms with Crippen molar-refractivity contribution >= 4 is 11.7 Å². The predicted molar refractivity (Wildman–Crippen MR) is 75.4 cm³/mol. The van der Waals surface area contributed by atoms with Gasteiger partial charge in [0.15, 0.2) is 0 Å². The lowest BCUT2D eigenvalue weighted by Gasteiger charge is -2.37. The van der Waals surface area contributed by atoms with Gasteiger partial charge in [-0.3, -0.25) is 4.79 Å². The minimum absolute atomic E-state index is 0.105. The van der Waals surface area contributed by atoms with Crippen molar-refractivity contribution in [3.8, 4) is 0 Å². The molecule has 3 rings (SSSR count). The number of hydrogen-bond acceptors (Lipinski definition) is 3. The fourth-order valence-electron chi connectivity index (χ4n) is 3.47. The Bertz CT molecular complexity index is 590. The largest absolute Gasteiger partial charge is 0.433 e. The first kappa shape index (κ1) is 15.1. The van der Waals surface area contributed by atoms with Gasteiger partial charge >= 0.3 is 6.18 Å². The first-order chi connectivity index (χ1) is 10.3. The number of hydrogen-bond donors (Lipinski definition) is 0. The predicted octanol–water partition coefficient (Wildman–Crippen LogP) is 2.55. The van der Waals surface area contributed by atoms with Crippen LogP contribution in [0.15, 0.2) is 18.2 Å². The van der Waals surface area contributed by atoms with Crippen LogP contribution in [-0.2, 0) is 11.0 Å². The molecule has 0 bridgehead atoms. The summed E-state index contributed by atoms with van der Waals surface area (Å²) >= 11 is 0. The number of rotatable bonds is 1. The number of anilines is 1. The molecule has 0 N–H and O–H groups in total. The molecule has 1 amide bonds. The summed E-state index contributed by atoms with van der Waals surface area (Å²) < 4.78 is 38.3. The van der Waals surface area contributed by atoms with Gasteiger partial charge in [0.25, 0.3) is 0 Å². The fraction of sp³-hybridized carbons (Fsp3) is 0.600. The van der Waals surface area contributed by atoms with E-state index in [4.69, 9.17) is 0 Å². The summed E-state index contributed by atoms with van der Waals surface area (Å²) in [5.41, 5.74) is -1.35. The molecule has 1 aromatic rings. The lowest BCUT2D eigenvalue weighted by molar-refractivity contribution is -0.143. The highest BCUT2D eigenvalue weighted by atomic mass is 19.4. The lowest BCUT2D eigenvalue weighted by Crippen LogP contribution is -2.48. The molecule has 2 saturated heterocycles. The van der Waals surface area contributed by atoms with Crippen molar-refractivity contribution in [2.45, 2.75) is 25.4 Å². The minimum Gasteiger partial charge on any atom is -0.355 e. The highest BCUT2D eigenvalue weighted by Gasteiger charge is 2.48. The molecule has 7 heteroatoms. The highest BCUT2D eigenvalue weighted by molar-refractivity contribution is 5.84. The van der Waals surface area contributed by atoms with Crippen LogP contribution in [-0.4, -0.2) is 42.5 Å². The van der Waals surface area contributed by atoms with E-state index in [0.717, 1.165) is 25.5 Å². The molecule has 0 unspecified atom stereocenters. The van der Waals surface area contributed by atoms with Gasteiger partial charge < -0.3 is 9.80 Å². The molecule has 1 aromatic heterocycles. The van der Waals surface area contributed by atoms with Crippen LogP contribution in [0, 0.1) is 5.41 Å². The normalized spacial score (nSPS) is 26.1. The maximum absolute atomic E-state index is 12.8. The highest BCUT2D eigenvalue weighted by Crippen LogP contribution is 2.41. The zero-order valence-electron chi connectivity index (χ0n) is 12.4. The Morgan fingerprint density at radius 3 is 2.73 bits per heavy atom. The van der Waals surface area contributed by atoms with Crippen LogP contribution in [0.1, 0.15) is 25.0 Å². The van der Waals surface area contributed by atoms with Crippen LogP contribution in [0.5, 0.6) is 0 Å². The summed E-state index contributed by atoms with van der Waals surface area (Å²) in [5.74, 6) is 0.404. The number of aromatic nitrogens is 1. The number of piperidine rings is 1. The number of pyridine rings is 1.